The molecule has 0 N–H and O–H groups in total. The molecular formula is C25H20N4O4S. The predicted octanol–water partition coefficient (Wildman–Crippen LogP) is 4.30. The summed E-state index contributed by atoms with van der Waals surface area (Å²) >= 11 is 1.26. The number of thioether (sulfide) groups is 1. The number of ether oxygens (including phenoxy) is 2. The van der Waals surface area contributed by atoms with Gasteiger partial charge in [0.15, 0.2) is 11.0 Å². The van der Waals surface area contributed by atoms with Gasteiger partial charge in [-0.15, -0.1) is 10.2 Å². The number of imide groups is 1. The van der Waals surface area contributed by atoms with Gasteiger partial charge in [0.05, 0.1) is 42.5 Å². The fraction of sp³-hybridized carbons (Fsp3) is 0.120. The maximum absolute atomic E-state index is 12.8. The lowest BCUT2D eigenvalue weighted by Gasteiger charge is -2.15. The van der Waals surface area contributed by atoms with Gasteiger partial charge in [-0.2, -0.15) is 0 Å². The largest absolute Gasteiger partial charge is 0.497 e. The molecule has 1 aromatic heterocycles. The van der Waals surface area contributed by atoms with Crippen LogP contribution in [-0.2, 0) is 0 Å². The van der Waals surface area contributed by atoms with Crippen LogP contribution < -0.4 is 9.47 Å². The van der Waals surface area contributed by atoms with E-state index < -0.39 is 0 Å². The molecule has 0 spiro atoms. The second kappa shape index (κ2) is 9.03. The Balaban J connectivity index is 1.52. The summed E-state index contributed by atoms with van der Waals surface area (Å²) in [5.41, 5.74) is 2.40. The summed E-state index contributed by atoms with van der Waals surface area (Å²) in [7, 11) is 3.21. The van der Waals surface area contributed by atoms with Crippen molar-refractivity contribution in [2.75, 3.05) is 20.1 Å². The molecule has 2 heterocycles. The summed E-state index contributed by atoms with van der Waals surface area (Å²) in [6.45, 7) is 0. The zero-order chi connectivity index (χ0) is 23.7. The number of benzene rings is 3. The second-order valence-corrected chi connectivity index (χ2v) is 8.31. The summed E-state index contributed by atoms with van der Waals surface area (Å²) < 4.78 is 12.7. The van der Waals surface area contributed by atoms with Crippen LogP contribution in [0.25, 0.3) is 17.1 Å². The van der Waals surface area contributed by atoms with Crippen LogP contribution in [0.15, 0.2) is 78.0 Å². The van der Waals surface area contributed by atoms with E-state index in [1.165, 1.54) is 16.7 Å². The molecule has 1 aliphatic rings. The van der Waals surface area contributed by atoms with Crippen molar-refractivity contribution in [2.24, 2.45) is 0 Å². The number of methoxy groups -OCH3 is 2. The van der Waals surface area contributed by atoms with Crippen molar-refractivity contribution in [3.8, 4) is 28.6 Å². The zero-order valence-electron chi connectivity index (χ0n) is 18.5. The first-order valence-electron chi connectivity index (χ1n) is 10.4. The average Bonchev–Trinajstić information content (AvgIpc) is 3.41. The van der Waals surface area contributed by atoms with Gasteiger partial charge in [0.2, 0.25) is 0 Å². The van der Waals surface area contributed by atoms with Crippen LogP contribution in [0.1, 0.15) is 20.7 Å². The first-order chi connectivity index (χ1) is 16.6. The number of carbonyl (C=O) groups is 2. The number of rotatable bonds is 7. The third-order valence-corrected chi connectivity index (χ3v) is 6.42. The standard InChI is InChI=1S/C25H20N4O4S/c1-32-17-13-11-16(12-14-17)29-22(20-9-5-6-10-21(20)33-2)26-27-25(29)34-15-28-23(30)18-7-3-4-8-19(18)24(28)31/h3-14H,15H2,1-2H3. The molecule has 0 saturated carbocycles. The van der Waals surface area contributed by atoms with Crippen molar-refractivity contribution in [1.29, 1.82) is 0 Å². The first kappa shape index (κ1) is 21.7. The third kappa shape index (κ3) is 3.69. The molecule has 0 radical (unpaired) electrons. The summed E-state index contributed by atoms with van der Waals surface area (Å²) in [5, 5.41) is 9.35. The minimum absolute atomic E-state index is 0.104. The Labute approximate surface area is 200 Å². The Morgan fingerprint density at radius 2 is 1.38 bits per heavy atom. The Kier molecular flexibility index (Phi) is 5.77. The van der Waals surface area contributed by atoms with Crippen molar-refractivity contribution in [3.05, 3.63) is 83.9 Å². The average molecular weight is 473 g/mol. The Bertz CT molecular complexity index is 1350. The number of aromatic nitrogens is 3. The Hall–Kier alpha value is -4.11. The molecular weight excluding hydrogens is 452 g/mol. The minimum Gasteiger partial charge on any atom is -0.497 e. The molecule has 0 unspecified atom stereocenters. The van der Waals surface area contributed by atoms with Crippen molar-refractivity contribution >= 4 is 23.6 Å². The Morgan fingerprint density at radius 1 is 0.765 bits per heavy atom. The van der Waals surface area contributed by atoms with E-state index in [0.29, 0.717) is 27.9 Å². The topological polar surface area (TPSA) is 86.6 Å². The summed E-state index contributed by atoms with van der Waals surface area (Å²) in [5.74, 6) is 1.43. The van der Waals surface area contributed by atoms with Gasteiger partial charge in [0.25, 0.3) is 11.8 Å². The highest BCUT2D eigenvalue weighted by Gasteiger charge is 2.35. The molecule has 4 aromatic rings. The van der Waals surface area contributed by atoms with Crippen molar-refractivity contribution in [2.45, 2.75) is 5.16 Å². The molecule has 0 fully saturated rings. The molecule has 1 aliphatic heterocycles. The smallest absolute Gasteiger partial charge is 0.262 e. The second-order valence-electron chi connectivity index (χ2n) is 7.40. The van der Waals surface area contributed by atoms with E-state index in [-0.39, 0.29) is 17.7 Å². The molecule has 9 heteroatoms. The van der Waals surface area contributed by atoms with E-state index >= 15 is 0 Å². The van der Waals surface area contributed by atoms with Crippen LogP contribution in [0.4, 0.5) is 0 Å². The van der Waals surface area contributed by atoms with Gasteiger partial charge in [0, 0.05) is 0 Å². The minimum atomic E-state index is -0.312. The monoisotopic (exact) mass is 472 g/mol. The molecule has 5 rings (SSSR count). The van der Waals surface area contributed by atoms with Crippen molar-refractivity contribution < 1.29 is 19.1 Å². The lowest BCUT2D eigenvalue weighted by Crippen LogP contribution is -2.29. The zero-order valence-corrected chi connectivity index (χ0v) is 19.3. The molecule has 3 aromatic carbocycles. The number of fused-ring (bicyclic) bond motifs is 1. The van der Waals surface area contributed by atoms with E-state index in [4.69, 9.17) is 9.47 Å². The van der Waals surface area contributed by atoms with E-state index in [0.717, 1.165) is 17.0 Å². The summed E-state index contributed by atoms with van der Waals surface area (Å²) in [6.07, 6.45) is 0. The van der Waals surface area contributed by atoms with Crippen LogP contribution in [0.2, 0.25) is 0 Å². The fourth-order valence-electron chi connectivity index (χ4n) is 3.81. The van der Waals surface area contributed by atoms with E-state index in [1.807, 2.05) is 53.1 Å². The predicted molar refractivity (Wildman–Crippen MR) is 128 cm³/mol. The van der Waals surface area contributed by atoms with E-state index in [1.54, 1.807) is 38.5 Å². The number of carbonyl (C=O) groups excluding carboxylic acids is 2. The molecule has 170 valence electrons. The van der Waals surface area contributed by atoms with Gasteiger partial charge in [-0.3, -0.25) is 19.1 Å². The van der Waals surface area contributed by atoms with Gasteiger partial charge in [-0.25, -0.2) is 0 Å². The fourth-order valence-corrected chi connectivity index (χ4v) is 4.71. The third-order valence-electron chi connectivity index (χ3n) is 5.51. The van der Waals surface area contributed by atoms with Crippen molar-refractivity contribution in [3.63, 3.8) is 0 Å². The number of hydrogen-bond acceptors (Lipinski definition) is 7. The first-order valence-corrected chi connectivity index (χ1v) is 11.4. The van der Waals surface area contributed by atoms with Crippen LogP contribution in [0.5, 0.6) is 11.5 Å². The van der Waals surface area contributed by atoms with Gasteiger partial charge < -0.3 is 9.47 Å². The molecule has 0 bridgehead atoms. The highest BCUT2D eigenvalue weighted by atomic mass is 32.2. The van der Waals surface area contributed by atoms with Gasteiger partial charge in [-0.1, -0.05) is 36.0 Å². The lowest BCUT2D eigenvalue weighted by atomic mass is 10.1. The van der Waals surface area contributed by atoms with Crippen LogP contribution in [0, 0.1) is 0 Å². The number of hydrogen-bond donors (Lipinski definition) is 0. The normalized spacial score (nSPS) is 12.7. The van der Waals surface area contributed by atoms with Gasteiger partial charge in [-0.05, 0) is 48.5 Å². The molecule has 0 saturated heterocycles. The molecule has 0 aliphatic carbocycles. The van der Waals surface area contributed by atoms with Gasteiger partial charge >= 0.3 is 0 Å². The number of amides is 2. The maximum atomic E-state index is 12.8. The quantitative estimate of drug-likeness (QED) is 0.293. The highest BCUT2D eigenvalue weighted by Crippen LogP contribution is 2.34. The number of para-hydroxylation sites is 1. The number of nitrogens with zero attached hydrogens (tertiary/aromatic N) is 4. The van der Waals surface area contributed by atoms with Crippen molar-refractivity contribution in [1.82, 2.24) is 19.7 Å². The Morgan fingerprint density at radius 3 is 2.00 bits per heavy atom. The SMILES string of the molecule is COc1ccc(-n2c(SCN3C(=O)c4ccccc4C3=O)nnc2-c2ccccc2OC)cc1. The van der Waals surface area contributed by atoms with Gasteiger partial charge in [0.1, 0.15) is 11.5 Å². The lowest BCUT2D eigenvalue weighted by molar-refractivity contribution is 0.0684. The van der Waals surface area contributed by atoms with Crippen LogP contribution in [-0.4, -0.2) is 51.6 Å². The molecule has 34 heavy (non-hydrogen) atoms. The molecule has 8 nitrogen and oxygen atoms in total. The van der Waals surface area contributed by atoms with E-state index in [2.05, 4.69) is 10.2 Å². The summed E-state index contributed by atoms with van der Waals surface area (Å²) in [6, 6.07) is 21.9. The molecule has 0 atom stereocenters. The maximum Gasteiger partial charge on any atom is 0.262 e. The van der Waals surface area contributed by atoms with Crippen LogP contribution >= 0.6 is 11.8 Å². The summed E-state index contributed by atoms with van der Waals surface area (Å²) in [4.78, 5) is 26.8. The molecule has 2 amide bonds. The highest BCUT2D eigenvalue weighted by molar-refractivity contribution is 7.99. The van der Waals surface area contributed by atoms with Crippen LogP contribution in [0.3, 0.4) is 0 Å². The van der Waals surface area contributed by atoms with E-state index in [9.17, 15) is 9.59 Å².